The number of H-pyrrole nitrogens is 1. The number of likely N-dealkylation sites (N-methyl/N-ethyl adjacent to an activating group) is 1. The van der Waals surface area contributed by atoms with Gasteiger partial charge in [-0.1, -0.05) is 42.5 Å². The molecule has 1 unspecified atom stereocenters. The zero-order chi connectivity index (χ0) is 23.5. The maximum Gasteiger partial charge on any atom is 0.0930 e. The van der Waals surface area contributed by atoms with Crippen LogP contribution in [-0.2, 0) is 6.54 Å². The third-order valence-electron chi connectivity index (χ3n) is 6.79. The van der Waals surface area contributed by atoms with Crippen molar-refractivity contribution in [3.8, 4) is 0 Å². The number of aryl methyl sites for hydroxylation is 1. The van der Waals surface area contributed by atoms with E-state index in [1.54, 1.807) is 6.20 Å². The highest BCUT2D eigenvalue weighted by atomic mass is 15.2. The molecule has 0 aliphatic carbocycles. The minimum absolute atomic E-state index is 0.274. The second kappa shape index (κ2) is 9.89. The van der Waals surface area contributed by atoms with Gasteiger partial charge in [-0.3, -0.25) is 15.0 Å². The van der Waals surface area contributed by atoms with E-state index in [4.69, 9.17) is 5.73 Å². The van der Waals surface area contributed by atoms with Crippen LogP contribution in [0.1, 0.15) is 39.7 Å². The maximum atomic E-state index is 6.58. The molecule has 34 heavy (non-hydrogen) atoms. The smallest absolute Gasteiger partial charge is 0.0930 e. The first-order chi connectivity index (χ1) is 16.6. The molecule has 2 aromatic carbocycles. The minimum atomic E-state index is -0.274. The van der Waals surface area contributed by atoms with Crippen LogP contribution in [0, 0.1) is 6.92 Å². The lowest BCUT2D eigenvalue weighted by molar-refractivity contribution is 0.148. The average molecular weight is 453 g/mol. The molecule has 2 aromatic heterocycles. The van der Waals surface area contributed by atoms with Crippen molar-refractivity contribution in [2.45, 2.75) is 19.5 Å². The molecule has 3 heterocycles. The van der Waals surface area contributed by atoms with Gasteiger partial charge in [0.25, 0.3) is 0 Å². The highest BCUT2D eigenvalue weighted by Gasteiger charge is 2.17. The monoisotopic (exact) mass is 452 g/mol. The number of hydrogen-bond donors (Lipinski definition) is 2. The van der Waals surface area contributed by atoms with E-state index in [1.807, 2.05) is 18.2 Å². The molecule has 174 valence electrons. The summed E-state index contributed by atoms with van der Waals surface area (Å²) in [5.74, 6) is 0. The summed E-state index contributed by atoms with van der Waals surface area (Å²) >= 11 is 0. The molecule has 1 saturated heterocycles. The van der Waals surface area contributed by atoms with Crippen LogP contribution in [0.5, 0.6) is 0 Å². The van der Waals surface area contributed by atoms with E-state index >= 15 is 0 Å². The van der Waals surface area contributed by atoms with E-state index in [1.165, 1.54) is 11.1 Å². The lowest BCUT2D eigenvalue weighted by Gasteiger charge is -2.32. The molecule has 1 aliphatic rings. The molecule has 0 amide bonds. The van der Waals surface area contributed by atoms with Crippen molar-refractivity contribution >= 4 is 23.1 Å². The van der Waals surface area contributed by atoms with Crippen molar-refractivity contribution in [1.29, 1.82) is 0 Å². The Morgan fingerprint density at radius 3 is 2.68 bits per heavy atom. The Balaban J connectivity index is 1.38. The number of aromatic amines is 1. The Labute approximate surface area is 201 Å². The lowest BCUT2D eigenvalue weighted by Crippen LogP contribution is -2.43. The summed E-state index contributed by atoms with van der Waals surface area (Å²) in [6, 6.07) is 18.5. The summed E-state index contributed by atoms with van der Waals surface area (Å²) in [5.41, 5.74) is 14.1. The van der Waals surface area contributed by atoms with Crippen molar-refractivity contribution in [2.75, 3.05) is 33.2 Å². The molecule has 0 saturated carbocycles. The average Bonchev–Trinajstić information content (AvgIpc) is 3.29. The normalized spacial score (nSPS) is 16.4. The molecule has 0 spiro atoms. The van der Waals surface area contributed by atoms with Crippen LogP contribution in [0.15, 0.2) is 60.8 Å². The second-order valence-corrected chi connectivity index (χ2v) is 9.20. The standard InChI is InChI=1S/C28H32N6/c1-20-23(28(29)26-8-3-4-13-30-26)10-12-25-27(20)24(31-32-25)11-9-21-6-5-7-22(18-21)19-34-16-14-33(2)15-17-34/h3-13,18,28H,14-17,19,29H2,1-2H3,(H,31,32)/b11-9+. The number of piperazine rings is 1. The van der Waals surface area contributed by atoms with Gasteiger partial charge in [0.15, 0.2) is 0 Å². The van der Waals surface area contributed by atoms with Crippen molar-refractivity contribution in [3.05, 3.63) is 94.4 Å². The summed E-state index contributed by atoms with van der Waals surface area (Å²) in [7, 11) is 2.19. The fourth-order valence-corrected chi connectivity index (χ4v) is 4.74. The van der Waals surface area contributed by atoms with Crippen LogP contribution >= 0.6 is 0 Å². The third-order valence-corrected chi connectivity index (χ3v) is 6.79. The summed E-state index contributed by atoms with van der Waals surface area (Å²) in [6.45, 7) is 7.63. The predicted octanol–water partition coefficient (Wildman–Crippen LogP) is 4.23. The van der Waals surface area contributed by atoms with Crippen molar-refractivity contribution in [2.24, 2.45) is 5.73 Å². The van der Waals surface area contributed by atoms with Gasteiger partial charge in [0.2, 0.25) is 0 Å². The Bertz CT molecular complexity index is 1290. The van der Waals surface area contributed by atoms with E-state index in [-0.39, 0.29) is 6.04 Å². The second-order valence-electron chi connectivity index (χ2n) is 9.20. The largest absolute Gasteiger partial charge is 0.319 e. The topological polar surface area (TPSA) is 74.1 Å². The van der Waals surface area contributed by atoms with Crippen molar-refractivity contribution in [3.63, 3.8) is 0 Å². The van der Waals surface area contributed by atoms with Crippen LogP contribution in [0.2, 0.25) is 0 Å². The van der Waals surface area contributed by atoms with Gasteiger partial charge in [-0.05, 0) is 60.5 Å². The quantitative estimate of drug-likeness (QED) is 0.458. The number of nitrogens with zero attached hydrogens (tertiary/aromatic N) is 4. The van der Waals surface area contributed by atoms with Crippen LogP contribution in [0.25, 0.3) is 23.1 Å². The number of pyridine rings is 1. The molecular formula is C28H32N6. The van der Waals surface area contributed by atoms with Crippen molar-refractivity contribution < 1.29 is 0 Å². The van der Waals surface area contributed by atoms with Gasteiger partial charge >= 0.3 is 0 Å². The number of nitrogens with two attached hydrogens (primary N) is 1. The van der Waals surface area contributed by atoms with E-state index < -0.39 is 0 Å². The number of benzene rings is 2. The fourth-order valence-electron chi connectivity index (χ4n) is 4.74. The van der Waals surface area contributed by atoms with Crippen molar-refractivity contribution in [1.82, 2.24) is 25.0 Å². The van der Waals surface area contributed by atoms with E-state index in [2.05, 4.69) is 87.5 Å². The molecular weight excluding hydrogens is 420 g/mol. The fraction of sp³-hybridized carbons (Fsp3) is 0.286. The lowest BCUT2D eigenvalue weighted by atomic mass is 9.95. The van der Waals surface area contributed by atoms with E-state index in [0.717, 1.165) is 66.1 Å². The molecule has 1 aliphatic heterocycles. The maximum absolute atomic E-state index is 6.58. The van der Waals surface area contributed by atoms with Gasteiger partial charge in [0.1, 0.15) is 0 Å². The number of rotatable bonds is 6. The first kappa shape index (κ1) is 22.5. The van der Waals surface area contributed by atoms with Gasteiger partial charge in [-0.2, -0.15) is 5.10 Å². The Morgan fingerprint density at radius 1 is 1.03 bits per heavy atom. The zero-order valence-electron chi connectivity index (χ0n) is 19.9. The molecule has 0 radical (unpaired) electrons. The Kier molecular flexibility index (Phi) is 6.54. The number of fused-ring (bicyclic) bond motifs is 1. The predicted molar refractivity (Wildman–Crippen MR) is 139 cm³/mol. The van der Waals surface area contributed by atoms with Gasteiger partial charge < -0.3 is 10.6 Å². The molecule has 1 atom stereocenters. The highest BCUT2D eigenvalue weighted by Crippen LogP contribution is 2.29. The molecule has 3 N–H and O–H groups in total. The Hall–Kier alpha value is -3.32. The first-order valence-electron chi connectivity index (χ1n) is 11.9. The zero-order valence-corrected chi connectivity index (χ0v) is 19.9. The molecule has 6 nitrogen and oxygen atoms in total. The van der Waals surface area contributed by atoms with Crippen LogP contribution in [-0.4, -0.2) is 58.2 Å². The third kappa shape index (κ3) is 4.80. The van der Waals surface area contributed by atoms with E-state index in [0.29, 0.717) is 0 Å². The number of nitrogens with one attached hydrogen (secondary N) is 1. The molecule has 6 heteroatoms. The van der Waals surface area contributed by atoms with Gasteiger partial charge in [-0.15, -0.1) is 0 Å². The summed E-state index contributed by atoms with van der Waals surface area (Å²) < 4.78 is 0. The SMILES string of the molecule is Cc1c(C(N)c2ccccn2)ccc2[nH]nc(/C=C/c3cccc(CN4CCN(C)CC4)c3)c12. The first-order valence-corrected chi connectivity index (χ1v) is 11.9. The summed E-state index contributed by atoms with van der Waals surface area (Å²) in [4.78, 5) is 9.36. The van der Waals surface area contributed by atoms with Crippen LogP contribution in [0.4, 0.5) is 0 Å². The number of aromatic nitrogens is 3. The van der Waals surface area contributed by atoms with E-state index in [9.17, 15) is 0 Å². The molecule has 4 aromatic rings. The molecule has 5 rings (SSSR count). The Morgan fingerprint density at radius 2 is 1.88 bits per heavy atom. The molecule has 1 fully saturated rings. The summed E-state index contributed by atoms with van der Waals surface area (Å²) in [6.07, 6.45) is 6.03. The van der Waals surface area contributed by atoms with Gasteiger partial charge in [-0.25, -0.2) is 0 Å². The van der Waals surface area contributed by atoms with Crippen LogP contribution in [0.3, 0.4) is 0 Å². The van der Waals surface area contributed by atoms with Crippen LogP contribution < -0.4 is 5.73 Å². The molecule has 0 bridgehead atoms. The van der Waals surface area contributed by atoms with Gasteiger partial charge in [0, 0.05) is 44.3 Å². The summed E-state index contributed by atoms with van der Waals surface area (Å²) in [5, 5.41) is 8.86. The van der Waals surface area contributed by atoms with Gasteiger partial charge in [0.05, 0.1) is 22.9 Å². The number of hydrogen-bond acceptors (Lipinski definition) is 5. The highest BCUT2D eigenvalue weighted by molar-refractivity contribution is 5.92. The minimum Gasteiger partial charge on any atom is -0.319 e.